The molecule has 0 amide bonds. The summed E-state index contributed by atoms with van der Waals surface area (Å²) in [7, 11) is 0. The van der Waals surface area contributed by atoms with E-state index in [1.54, 1.807) is 0 Å². The third kappa shape index (κ3) is 3.15. The van der Waals surface area contributed by atoms with Crippen molar-refractivity contribution in [3.63, 3.8) is 0 Å². The van der Waals surface area contributed by atoms with E-state index in [1.807, 2.05) is 0 Å². The van der Waals surface area contributed by atoms with E-state index in [1.165, 1.54) is 18.2 Å². The largest absolute Gasteiger partial charge is 0.508 e. The summed E-state index contributed by atoms with van der Waals surface area (Å²) in [5.74, 6) is -4.56. The molecule has 0 bridgehead atoms. The number of hydrogen-bond acceptors (Lipinski definition) is 2. The molecule has 0 aliphatic heterocycles. The number of phenolic OH excluding ortho intramolecular Hbond substituents is 1. The molecule has 0 radical (unpaired) electrons. The Morgan fingerprint density at radius 1 is 1.38 bits per heavy atom. The van der Waals surface area contributed by atoms with E-state index >= 15 is 0 Å². The number of benzene rings is 1. The Morgan fingerprint density at radius 3 is 2.44 bits per heavy atom. The fourth-order valence-electron chi connectivity index (χ4n) is 1.26. The van der Waals surface area contributed by atoms with Gasteiger partial charge in [0.05, 0.1) is 0 Å². The van der Waals surface area contributed by atoms with Gasteiger partial charge in [-0.1, -0.05) is 12.1 Å². The zero-order valence-corrected chi connectivity index (χ0v) is 8.03. The van der Waals surface area contributed by atoms with Crippen LogP contribution in [0.4, 0.5) is 13.2 Å². The SMILES string of the molecule is O=C(O)C(Cc1cccc(O)c1)C(F)(F)F. The maximum atomic E-state index is 12.3. The molecule has 0 saturated carbocycles. The summed E-state index contributed by atoms with van der Waals surface area (Å²) in [5, 5.41) is 17.5. The topological polar surface area (TPSA) is 57.5 Å². The van der Waals surface area contributed by atoms with Gasteiger partial charge >= 0.3 is 12.1 Å². The first kappa shape index (κ1) is 12.4. The fraction of sp³-hybridized carbons (Fsp3) is 0.300. The van der Waals surface area contributed by atoms with Crippen LogP contribution in [0.1, 0.15) is 5.56 Å². The molecule has 0 saturated heterocycles. The number of phenols is 1. The summed E-state index contributed by atoms with van der Waals surface area (Å²) in [6.45, 7) is 0. The molecule has 1 rings (SSSR count). The Balaban J connectivity index is 2.89. The molecule has 0 aliphatic carbocycles. The molecule has 1 unspecified atom stereocenters. The molecule has 6 heteroatoms. The van der Waals surface area contributed by atoms with Crippen LogP contribution in [-0.4, -0.2) is 22.4 Å². The molecule has 0 spiro atoms. The smallest absolute Gasteiger partial charge is 0.402 e. The lowest BCUT2D eigenvalue weighted by atomic mass is 9.99. The standard InChI is InChI=1S/C10H9F3O3/c11-10(12,13)8(9(15)16)5-6-2-1-3-7(14)4-6/h1-4,8,14H,5H2,(H,15,16). The van der Waals surface area contributed by atoms with E-state index < -0.39 is 24.5 Å². The first-order valence-electron chi connectivity index (χ1n) is 4.38. The van der Waals surface area contributed by atoms with E-state index in [9.17, 15) is 18.0 Å². The van der Waals surface area contributed by atoms with Crippen LogP contribution in [0, 0.1) is 5.92 Å². The minimum absolute atomic E-state index is 0.129. The Morgan fingerprint density at radius 2 is 2.00 bits per heavy atom. The lowest BCUT2D eigenvalue weighted by Gasteiger charge is -2.15. The maximum absolute atomic E-state index is 12.3. The second-order valence-electron chi connectivity index (χ2n) is 3.31. The predicted octanol–water partition coefficient (Wildman–Crippen LogP) is 2.20. The number of carboxylic acid groups (broad SMARTS) is 1. The van der Waals surface area contributed by atoms with E-state index in [-0.39, 0.29) is 11.3 Å². The zero-order chi connectivity index (χ0) is 12.3. The minimum atomic E-state index is -4.79. The van der Waals surface area contributed by atoms with Gasteiger partial charge in [0.25, 0.3) is 0 Å². The van der Waals surface area contributed by atoms with Gasteiger partial charge in [0.15, 0.2) is 5.92 Å². The Kier molecular flexibility index (Phi) is 3.41. The van der Waals surface area contributed by atoms with Crippen molar-refractivity contribution in [3.05, 3.63) is 29.8 Å². The summed E-state index contributed by atoms with van der Waals surface area (Å²) >= 11 is 0. The summed E-state index contributed by atoms with van der Waals surface area (Å²) in [6, 6.07) is 5.11. The number of halogens is 3. The third-order valence-electron chi connectivity index (χ3n) is 2.04. The average Bonchev–Trinajstić information content (AvgIpc) is 2.12. The van der Waals surface area contributed by atoms with Crippen molar-refractivity contribution in [1.82, 2.24) is 0 Å². The van der Waals surface area contributed by atoms with Gasteiger partial charge in [0.2, 0.25) is 0 Å². The summed E-state index contributed by atoms with van der Waals surface area (Å²) in [4.78, 5) is 10.5. The first-order valence-corrected chi connectivity index (χ1v) is 4.38. The van der Waals surface area contributed by atoms with Crippen LogP contribution in [0.15, 0.2) is 24.3 Å². The monoisotopic (exact) mass is 234 g/mol. The van der Waals surface area contributed by atoms with Crippen LogP contribution < -0.4 is 0 Å². The van der Waals surface area contributed by atoms with Gasteiger partial charge < -0.3 is 10.2 Å². The summed E-state index contributed by atoms with van der Waals surface area (Å²) in [5.41, 5.74) is 0.129. The van der Waals surface area contributed by atoms with Gasteiger partial charge in [-0.05, 0) is 24.1 Å². The average molecular weight is 234 g/mol. The van der Waals surface area contributed by atoms with E-state index in [4.69, 9.17) is 10.2 Å². The van der Waals surface area contributed by atoms with Crippen molar-refractivity contribution in [2.75, 3.05) is 0 Å². The number of rotatable bonds is 3. The summed E-state index contributed by atoms with van der Waals surface area (Å²) in [6.07, 6.45) is -5.48. The van der Waals surface area contributed by atoms with Gasteiger partial charge in [-0.2, -0.15) is 13.2 Å². The molecule has 3 nitrogen and oxygen atoms in total. The maximum Gasteiger partial charge on any atom is 0.402 e. The number of aliphatic carboxylic acids is 1. The van der Waals surface area contributed by atoms with E-state index in [0.717, 1.165) is 6.07 Å². The molecule has 88 valence electrons. The highest BCUT2D eigenvalue weighted by Gasteiger charge is 2.44. The van der Waals surface area contributed by atoms with Crippen molar-refractivity contribution in [1.29, 1.82) is 0 Å². The van der Waals surface area contributed by atoms with Crippen LogP contribution in [0.2, 0.25) is 0 Å². The van der Waals surface area contributed by atoms with E-state index in [0.29, 0.717) is 0 Å². The quantitative estimate of drug-likeness (QED) is 0.842. The number of carbonyl (C=O) groups is 1. The third-order valence-corrected chi connectivity index (χ3v) is 2.04. The lowest BCUT2D eigenvalue weighted by molar-refractivity contribution is -0.193. The lowest BCUT2D eigenvalue weighted by Crippen LogP contribution is -2.32. The second kappa shape index (κ2) is 4.42. The summed E-state index contributed by atoms with van der Waals surface area (Å²) < 4.78 is 36.9. The van der Waals surface area contributed by atoms with Crippen molar-refractivity contribution in [2.24, 2.45) is 5.92 Å². The number of aromatic hydroxyl groups is 1. The molecule has 16 heavy (non-hydrogen) atoms. The van der Waals surface area contributed by atoms with E-state index in [2.05, 4.69) is 0 Å². The highest BCUT2D eigenvalue weighted by molar-refractivity contribution is 5.71. The molecule has 0 aromatic heterocycles. The molecule has 0 aliphatic rings. The Bertz CT molecular complexity index is 387. The Hall–Kier alpha value is -1.72. The molecular formula is C10H9F3O3. The zero-order valence-electron chi connectivity index (χ0n) is 8.03. The van der Waals surface area contributed by atoms with Crippen LogP contribution in [0.3, 0.4) is 0 Å². The van der Waals surface area contributed by atoms with Gasteiger partial charge in [0, 0.05) is 0 Å². The number of hydrogen-bond donors (Lipinski definition) is 2. The van der Waals surface area contributed by atoms with Gasteiger partial charge in [-0.25, -0.2) is 0 Å². The van der Waals surface area contributed by atoms with Gasteiger partial charge in [-0.15, -0.1) is 0 Å². The van der Waals surface area contributed by atoms with Crippen molar-refractivity contribution >= 4 is 5.97 Å². The Labute approximate surface area is 89.1 Å². The molecule has 1 atom stereocenters. The highest BCUT2D eigenvalue weighted by atomic mass is 19.4. The molecule has 1 aromatic rings. The minimum Gasteiger partial charge on any atom is -0.508 e. The van der Waals surface area contributed by atoms with Crippen LogP contribution in [0.5, 0.6) is 5.75 Å². The molecule has 1 aromatic carbocycles. The van der Waals surface area contributed by atoms with Gasteiger partial charge in [0.1, 0.15) is 5.75 Å². The second-order valence-corrected chi connectivity index (χ2v) is 3.31. The van der Waals surface area contributed by atoms with Crippen molar-refractivity contribution in [2.45, 2.75) is 12.6 Å². The number of carboxylic acids is 1. The molecule has 0 fully saturated rings. The van der Waals surface area contributed by atoms with Gasteiger partial charge in [-0.3, -0.25) is 4.79 Å². The molecule has 2 N–H and O–H groups in total. The van der Waals surface area contributed by atoms with Crippen LogP contribution >= 0.6 is 0 Å². The van der Waals surface area contributed by atoms with Crippen molar-refractivity contribution in [3.8, 4) is 5.75 Å². The first-order chi connectivity index (χ1) is 7.30. The predicted molar refractivity (Wildman–Crippen MR) is 49.0 cm³/mol. The normalized spacial score (nSPS) is 13.4. The fourth-order valence-corrected chi connectivity index (χ4v) is 1.26. The molecular weight excluding hydrogens is 225 g/mol. The van der Waals surface area contributed by atoms with Crippen LogP contribution in [-0.2, 0) is 11.2 Å². The number of alkyl halides is 3. The van der Waals surface area contributed by atoms with Crippen molar-refractivity contribution < 1.29 is 28.2 Å². The van der Waals surface area contributed by atoms with Crippen LogP contribution in [0.25, 0.3) is 0 Å². The molecule has 0 heterocycles. The highest BCUT2D eigenvalue weighted by Crippen LogP contribution is 2.30.